The van der Waals surface area contributed by atoms with Gasteiger partial charge in [0.2, 0.25) is 5.91 Å². The maximum Gasteiger partial charge on any atom is 0.226 e. The first-order valence-corrected chi connectivity index (χ1v) is 13.2. The van der Waals surface area contributed by atoms with Crippen LogP contribution in [-0.4, -0.2) is 56.5 Å². The Kier molecular flexibility index (Phi) is 17.9. The molecule has 1 atom stereocenters. The van der Waals surface area contributed by atoms with Crippen LogP contribution in [0.25, 0.3) is 11.1 Å². The minimum atomic E-state index is -0.0602. The number of carbonyl (C=O) groups excluding carboxylic acids is 2. The van der Waals surface area contributed by atoms with E-state index in [0.717, 1.165) is 56.0 Å². The Hall–Kier alpha value is -2.76. The van der Waals surface area contributed by atoms with E-state index < -0.39 is 0 Å². The number of amides is 1. The molecule has 0 saturated carbocycles. The van der Waals surface area contributed by atoms with Crippen LogP contribution in [0.15, 0.2) is 60.7 Å². The van der Waals surface area contributed by atoms with Crippen molar-refractivity contribution in [2.24, 2.45) is 5.92 Å². The highest BCUT2D eigenvalue weighted by atomic mass is 16.5. The van der Waals surface area contributed by atoms with Crippen molar-refractivity contribution in [1.82, 2.24) is 10.2 Å². The number of benzene rings is 2. The maximum absolute atomic E-state index is 11.3. The van der Waals surface area contributed by atoms with Gasteiger partial charge in [-0.15, -0.1) is 0 Å². The number of nitrogens with zero attached hydrogens (tertiary/aromatic N) is 1. The molecule has 0 aromatic heterocycles. The van der Waals surface area contributed by atoms with Crippen molar-refractivity contribution in [3.63, 3.8) is 0 Å². The second-order valence-electron chi connectivity index (χ2n) is 8.22. The lowest BCUT2D eigenvalue weighted by molar-refractivity contribution is -0.122. The molecule has 2 aromatic rings. The summed E-state index contributed by atoms with van der Waals surface area (Å²) < 4.78 is 5.38. The Morgan fingerprint density at radius 1 is 0.917 bits per heavy atom. The zero-order valence-corrected chi connectivity index (χ0v) is 23.8. The minimum Gasteiger partial charge on any atom is -0.379 e. The average Bonchev–Trinajstić information content (AvgIpc) is 2.94. The second kappa shape index (κ2) is 19.4. The van der Waals surface area contributed by atoms with Crippen LogP contribution < -0.4 is 5.32 Å². The van der Waals surface area contributed by atoms with Crippen molar-refractivity contribution in [1.29, 1.82) is 0 Å². The number of carbonyl (C=O) groups is 2. The predicted octanol–water partition coefficient (Wildman–Crippen LogP) is 6.43. The van der Waals surface area contributed by atoms with Gasteiger partial charge in [-0.25, -0.2) is 0 Å². The van der Waals surface area contributed by atoms with Gasteiger partial charge in [0.05, 0.1) is 19.1 Å². The molecule has 36 heavy (non-hydrogen) atoms. The zero-order chi connectivity index (χ0) is 27.5. The van der Waals surface area contributed by atoms with E-state index in [-0.39, 0.29) is 17.6 Å². The van der Waals surface area contributed by atoms with Crippen molar-refractivity contribution in [2.75, 3.05) is 39.9 Å². The summed E-state index contributed by atoms with van der Waals surface area (Å²) in [5.74, 6) is 0.0764. The van der Waals surface area contributed by atoms with Crippen LogP contribution in [-0.2, 0) is 16.0 Å². The Labute approximate surface area is 219 Å². The van der Waals surface area contributed by atoms with Crippen molar-refractivity contribution in [3.05, 3.63) is 71.8 Å². The predicted molar refractivity (Wildman–Crippen MR) is 154 cm³/mol. The summed E-state index contributed by atoms with van der Waals surface area (Å²) in [4.78, 5) is 24.6. The molecule has 1 N–H and O–H groups in total. The third-order valence-electron chi connectivity index (χ3n) is 5.78. The molecule has 1 saturated heterocycles. The van der Waals surface area contributed by atoms with Crippen LogP contribution in [0.4, 0.5) is 0 Å². The fourth-order valence-corrected chi connectivity index (χ4v) is 3.31. The van der Waals surface area contributed by atoms with Gasteiger partial charge in [-0.1, -0.05) is 88.4 Å². The molecule has 2 aromatic carbocycles. The van der Waals surface area contributed by atoms with Gasteiger partial charge in [0.25, 0.3) is 0 Å². The van der Waals surface area contributed by atoms with Crippen LogP contribution >= 0.6 is 0 Å². The van der Waals surface area contributed by atoms with Gasteiger partial charge < -0.3 is 10.1 Å². The number of rotatable bonds is 7. The van der Waals surface area contributed by atoms with Crippen LogP contribution in [0.2, 0.25) is 0 Å². The minimum absolute atomic E-state index is 0.0301. The molecule has 0 bridgehead atoms. The molecule has 1 heterocycles. The summed E-state index contributed by atoms with van der Waals surface area (Å²) in [5, 5.41) is 2.55. The Morgan fingerprint density at radius 3 is 1.78 bits per heavy atom. The summed E-state index contributed by atoms with van der Waals surface area (Å²) in [6.45, 7) is 21.8. The van der Waals surface area contributed by atoms with E-state index in [9.17, 15) is 9.59 Å². The first-order chi connectivity index (χ1) is 17.3. The summed E-state index contributed by atoms with van der Waals surface area (Å²) in [6.07, 6.45) is 1.07. The van der Waals surface area contributed by atoms with E-state index in [1.165, 1.54) is 11.1 Å². The molecule has 5 nitrogen and oxygen atoms in total. The maximum atomic E-state index is 11.3. The van der Waals surface area contributed by atoms with Crippen LogP contribution in [0, 0.1) is 5.92 Å². The highest BCUT2D eigenvalue weighted by Gasteiger charge is 2.10. The number of hydrogen-bond donors (Lipinski definition) is 1. The van der Waals surface area contributed by atoms with Crippen molar-refractivity contribution < 1.29 is 14.3 Å². The van der Waals surface area contributed by atoms with E-state index in [0.29, 0.717) is 0 Å². The normalized spacial score (nSPS) is 13.3. The van der Waals surface area contributed by atoms with Gasteiger partial charge in [-0.3, -0.25) is 14.5 Å². The average molecular weight is 497 g/mol. The van der Waals surface area contributed by atoms with Crippen molar-refractivity contribution in [2.45, 2.75) is 54.9 Å². The van der Waals surface area contributed by atoms with E-state index in [4.69, 9.17) is 4.74 Å². The third-order valence-corrected chi connectivity index (χ3v) is 5.78. The summed E-state index contributed by atoms with van der Waals surface area (Å²) >= 11 is 0. The molecular weight excluding hydrogens is 448 g/mol. The molecule has 0 aliphatic carbocycles. The van der Waals surface area contributed by atoms with Crippen molar-refractivity contribution in [3.8, 4) is 11.1 Å². The lowest BCUT2D eigenvalue weighted by Crippen LogP contribution is -2.37. The standard InChI is InChI=1S/C20H23NO2.C7H13NO.2C2H6/c1-16(22)18-6-8-20(9-7-18)19-4-2-17(3-5-19)10-11-21-12-14-23-15-13-21;1-5(2)6(3)7(9)8-4;2*1-2/h2-9H,10-15H2,1H3;6H,1H2,2-4H3,(H,8,9);2*1-2H3. The SMILES string of the molecule is C=C(C)C(C)C(=O)NC.CC.CC.CC(=O)c1ccc(-c2ccc(CCN3CCOCC3)cc2)cc1. The molecule has 1 fully saturated rings. The largest absolute Gasteiger partial charge is 0.379 e. The fraction of sp³-hybridized carbons (Fsp3) is 0.484. The van der Waals surface area contributed by atoms with Gasteiger partial charge in [0, 0.05) is 32.2 Å². The fourth-order valence-electron chi connectivity index (χ4n) is 3.31. The van der Waals surface area contributed by atoms with Crippen LogP contribution in [0.3, 0.4) is 0 Å². The molecule has 0 spiro atoms. The Morgan fingerprint density at radius 2 is 1.39 bits per heavy atom. The van der Waals surface area contributed by atoms with Gasteiger partial charge in [0.1, 0.15) is 0 Å². The quantitative estimate of drug-likeness (QED) is 0.355. The molecule has 5 heteroatoms. The summed E-state index contributed by atoms with van der Waals surface area (Å²) in [7, 11) is 1.63. The monoisotopic (exact) mass is 496 g/mol. The number of nitrogens with one attached hydrogen (secondary N) is 1. The molecule has 0 radical (unpaired) electrons. The van der Waals surface area contributed by atoms with E-state index in [1.54, 1.807) is 14.0 Å². The highest BCUT2D eigenvalue weighted by Crippen LogP contribution is 2.21. The summed E-state index contributed by atoms with van der Waals surface area (Å²) in [6, 6.07) is 16.5. The Balaban J connectivity index is 0.000000797. The zero-order valence-electron chi connectivity index (χ0n) is 23.8. The smallest absolute Gasteiger partial charge is 0.226 e. The van der Waals surface area contributed by atoms with Crippen molar-refractivity contribution >= 4 is 11.7 Å². The molecule has 1 amide bonds. The highest BCUT2D eigenvalue weighted by molar-refractivity contribution is 5.94. The van der Waals surface area contributed by atoms with E-state index >= 15 is 0 Å². The Bertz CT molecular complexity index is 883. The summed E-state index contributed by atoms with van der Waals surface area (Å²) in [5.41, 5.74) is 5.36. The van der Waals surface area contributed by atoms with Crippen LogP contribution in [0.5, 0.6) is 0 Å². The number of hydrogen-bond acceptors (Lipinski definition) is 4. The number of morpholine rings is 1. The number of ketones is 1. The molecule has 200 valence electrons. The van der Waals surface area contributed by atoms with Crippen LogP contribution in [0.1, 0.15) is 64.4 Å². The number of ether oxygens (including phenoxy) is 1. The lowest BCUT2D eigenvalue weighted by atomic mass is 10.0. The lowest BCUT2D eigenvalue weighted by Gasteiger charge is -2.26. The molecule has 1 aliphatic rings. The molecule has 3 rings (SSSR count). The molecular formula is C31H48N2O3. The molecule has 1 aliphatic heterocycles. The van der Waals surface area contributed by atoms with E-state index in [1.807, 2.05) is 65.8 Å². The number of Topliss-reactive ketones (excluding diaryl/α,β-unsaturated/α-hetero) is 1. The van der Waals surface area contributed by atoms with Gasteiger partial charge in [-0.2, -0.15) is 0 Å². The third kappa shape index (κ3) is 12.3. The van der Waals surface area contributed by atoms with Gasteiger partial charge in [-0.05, 0) is 43.9 Å². The van der Waals surface area contributed by atoms with Gasteiger partial charge >= 0.3 is 0 Å². The first-order valence-electron chi connectivity index (χ1n) is 13.2. The topological polar surface area (TPSA) is 58.6 Å². The van der Waals surface area contributed by atoms with Gasteiger partial charge in [0.15, 0.2) is 5.78 Å². The van der Waals surface area contributed by atoms with E-state index in [2.05, 4.69) is 41.1 Å². The second-order valence-corrected chi connectivity index (χ2v) is 8.22. The molecule has 1 unspecified atom stereocenters. The first kappa shape index (κ1) is 33.2.